The van der Waals surface area contributed by atoms with Crippen LogP contribution in [0.1, 0.15) is 32.1 Å². The molecule has 1 aliphatic rings. The summed E-state index contributed by atoms with van der Waals surface area (Å²) in [4.78, 5) is 10.6. The van der Waals surface area contributed by atoms with Crippen molar-refractivity contribution in [3.8, 4) is 5.75 Å². The predicted octanol–water partition coefficient (Wildman–Crippen LogP) is 4.51. The minimum absolute atomic E-state index is 0.00833. The van der Waals surface area contributed by atoms with Crippen LogP contribution in [0.15, 0.2) is 18.2 Å². The molecule has 1 aliphatic carbocycles. The zero-order valence-electron chi connectivity index (χ0n) is 11.2. The minimum atomic E-state index is -0.463. The maximum atomic E-state index is 11.0. The summed E-state index contributed by atoms with van der Waals surface area (Å²) >= 11 is 10.5. The van der Waals surface area contributed by atoms with Crippen molar-refractivity contribution in [3.05, 3.63) is 33.3 Å². The van der Waals surface area contributed by atoms with Crippen LogP contribution in [0, 0.1) is 15.5 Å². The smallest absolute Gasteiger partial charge is 0.312 e. The molecule has 0 unspecified atom stereocenters. The summed E-state index contributed by atoms with van der Waals surface area (Å²) in [5.74, 6) is 0.900. The van der Waals surface area contributed by atoms with Crippen LogP contribution in [0.3, 0.4) is 0 Å². The van der Waals surface area contributed by atoms with Gasteiger partial charge in [-0.05, 0) is 24.7 Å². The lowest BCUT2D eigenvalue weighted by atomic mass is 9.76. The summed E-state index contributed by atoms with van der Waals surface area (Å²) < 4.78 is 5.74. The van der Waals surface area contributed by atoms with E-state index < -0.39 is 4.92 Å². The molecule has 4 nitrogen and oxygen atoms in total. The molecule has 1 aromatic rings. The molecule has 0 amide bonds. The molecule has 0 atom stereocenters. The van der Waals surface area contributed by atoms with Gasteiger partial charge >= 0.3 is 5.69 Å². The van der Waals surface area contributed by atoms with Gasteiger partial charge in [0.1, 0.15) is 0 Å². The molecule has 0 N–H and O–H groups in total. The Labute approximate surface area is 129 Å². The zero-order chi connectivity index (χ0) is 14.6. The van der Waals surface area contributed by atoms with Crippen LogP contribution < -0.4 is 4.74 Å². The topological polar surface area (TPSA) is 52.4 Å². The third-order valence-electron chi connectivity index (χ3n) is 3.92. The van der Waals surface area contributed by atoms with Crippen molar-refractivity contribution < 1.29 is 9.66 Å². The van der Waals surface area contributed by atoms with E-state index in [1.807, 2.05) is 0 Å². The first-order valence-electron chi connectivity index (χ1n) is 6.74. The number of nitro benzene ring substituents is 1. The van der Waals surface area contributed by atoms with Crippen molar-refractivity contribution >= 4 is 29.9 Å². The number of para-hydroxylation sites is 1. The number of halogens is 1. The Bertz CT molecular complexity index is 489. The van der Waals surface area contributed by atoms with Crippen LogP contribution in [0.4, 0.5) is 5.69 Å². The Morgan fingerprint density at radius 2 is 2.05 bits per heavy atom. The molecule has 0 heterocycles. The lowest BCUT2D eigenvalue weighted by molar-refractivity contribution is -0.385. The number of benzene rings is 1. The molecule has 0 spiro atoms. The van der Waals surface area contributed by atoms with E-state index in [2.05, 4.69) is 12.6 Å². The maximum Gasteiger partial charge on any atom is 0.312 e. The first kappa shape index (κ1) is 15.4. The molecule has 1 aromatic carbocycles. The van der Waals surface area contributed by atoms with Gasteiger partial charge in [0.15, 0.2) is 0 Å². The van der Waals surface area contributed by atoms with E-state index in [0.29, 0.717) is 6.61 Å². The molecule has 6 heteroatoms. The highest BCUT2D eigenvalue weighted by Gasteiger charge is 2.32. The Balaban J connectivity index is 2.15. The van der Waals surface area contributed by atoms with E-state index in [-0.39, 0.29) is 21.9 Å². The minimum Gasteiger partial charge on any atom is -0.485 e. The van der Waals surface area contributed by atoms with Gasteiger partial charge in [-0.25, -0.2) is 0 Å². The van der Waals surface area contributed by atoms with Crippen LogP contribution in [-0.2, 0) is 0 Å². The molecule has 2 rings (SSSR count). The average Bonchev–Trinajstić information content (AvgIpc) is 2.46. The van der Waals surface area contributed by atoms with E-state index in [0.717, 1.165) is 31.4 Å². The molecular weight excluding hydrogens is 298 g/mol. The number of nitrogens with zero attached hydrogens (tertiary/aromatic N) is 1. The fourth-order valence-corrected chi connectivity index (χ4v) is 3.29. The Hall–Kier alpha value is -0.940. The van der Waals surface area contributed by atoms with Gasteiger partial charge in [0.2, 0.25) is 5.75 Å². The highest BCUT2D eigenvalue weighted by molar-refractivity contribution is 7.80. The number of hydrogen-bond donors (Lipinski definition) is 1. The van der Waals surface area contributed by atoms with Crippen molar-refractivity contribution in [3.63, 3.8) is 0 Å². The fraction of sp³-hybridized carbons (Fsp3) is 0.571. The third kappa shape index (κ3) is 3.38. The van der Waals surface area contributed by atoms with Gasteiger partial charge in [0.25, 0.3) is 0 Å². The van der Waals surface area contributed by atoms with Crippen LogP contribution in [0.5, 0.6) is 5.75 Å². The average molecular weight is 316 g/mol. The summed E-state index contributed by atoms with van der Waals surface area (Å²) in [7, 11) is 0. The third-order valence-corrected chi connectivity index (χ3v) is 4.88. The molecule has 0 aromatic heterocycles. The number of thiol groups is 1. The normalized spacial score (nSPS) is 17.7. The number of hydrogen-bond acceptors (Lipinski definition) is 4. The Morgan fingerprint density at radius 1 is 1.35 bits per heavy atom. The van der Waals surface area contributed by atoms with Crippen LogP contribution in [0.2, 0.25) is 5.02 Å². The number of ether oxygens (including phenoxy) is 1. The van der Waals surface area contributed by atoms with E-state index in [1.54, 1.807) is 12.1 Å². The Kier molecular flexibility index (Phi) is 5.16. The summed E-state index contributed by atoms with van der Waals surface area (Å²) in [5.41, 5.74) is -0.0726. The maximum absolute atomic E-state index is 11.0. The van der Waals surface area contributed by atoms with Gasteiger partial charge in [-0.1, -0.05) is 36.9 Å². The first-order valence-corrected chi connectivity index (χ1v) is 7.76. The molecule has 1 saturated carbocycles. The van der Waals surface area contributed by atoms with Gasteiger partial charge in [-0.15, -0.1) is 0 Å². The molecule has 110 valence electrons. The van der Waals surface area contributed by atoms with E-state index >= 15 is 0 Å². The number of nitro groups is 1. The Morgan fingerprint density at radius 3 is 2.65 bits per heavy atom. The van der Waals surface area contributed by atoms with Crippen molar-refractivity contribution in [2.45, 2.75) is 32.1 Å². The van der Waals surface area contributed by atoms with Gasteiger partial charge in [0.05, 0.1) is 16.6 Å². The lowest BCUT2D eigenvalue weighted by Crippen LogP contribution is -2.33. The quantitative estimate of drug-likeness (QED) is 0.494. The first-order chi connectivity index (χ1) is 9.58. The van der Waals surface area contributed by atoms with Crippen LogP contribution >= 0.6 is 24.2 Å². The fourth-order valence-electron chi connectivity index (χ4n) is 2.66. The number of rotatable bonds is 5. The molecule has 0 radical (unpaired) electrons. The summed E-state index contributed by atoms with van der Waals surface area (Å²) in [5, 5.41) is 11.3. The van der Waals surface area contributed by atoms with E-state index in [9.17, 15) is 10.1 Å². The molecule has 0 bridgehead atoms. The van der Waals surface area contributed by atoms with E-state index in [1.165, 1.54) is 12.5 Å². The zero-order valence-corrected chi connectivity index (χ0v) is 12.8. The summed E-state index contributed by atoms with van der Waals surface area (Å²) in [6.07, 6.45) is 5.66. The van der Waals surface area contributed by atoms with Gasteiger partial charge in [-0.2, -0.15) is 12.6 Å². The second-order valence-electron chi connectivity index (χ2n) is 5.35. The van der Waals surface area contributed by atoms with Crippen molar-refractivity contribution in [1.82, 2.24) is 0 Å². The standard InChI is InChI=1S/C14H18ClNO3S/c15-11-5-4-6-12(16(17)18)13(11)19-9-14(10-20)7-2-1-3-8-14/h4-6,20H,1-3,7-10H2. The highest BCUT2D eigenvalue weighted by Crippen LogP contribution is 2.40. The van der Waals surface area contributed by atoms with Crippen molar-refractivity contribution in [2.24, 2.45) is 5.41 Å². The summed E-state index contributed by atoms with van der Waals surface area (Å²) in [6, 6.07) is 4.58. The molecular formula is C14H18ClNO3S. The van der Waals surface area contributed by atoms with Gasteiger partial charge < -0.3 is 4.74 Å². The SMILES string of the molecule is O=[N+]([O-])c1cccc(Cl)c1OCC1(CS)CCCCC1. The molecule has 1 fully saturated rings. The predicted molar refractivity (Wildman–Crippen MR) is 83.0 cm³/mol. The van der Waals surface area contributed by atoms with Gasteiger partial charge in [-0.3, -0.25) is 10.1 Å². The molecule has 20 heavy (non-hydrogen) atoms. The highest BCUT2D eigenvalue weighted by atomic mass is 35.5. The van der Waals surface area contributed by atoms with Crippen molar-refractivity contribution in [2.75, 3.05) is 12.4 Å². The second-order valence-corrected chi connectivity index (χ2v) is 6.08. The summed E-state index contributed by atoms with van der Waals surface area (Å²) in [6.45, 7) is 0.432. The monoisotopic (exact) mass is 315 g/mol. The largest absolute Gasteiger partial charge is 0.485 e. The molecule has 0 saturated heterocycles. The van der Waals surface area contributed by atoms with Crippen LogP contribution in [0.25, 0.3) is 0 Å². The second kappa shape index (κ2) is 6.68. The van der Waals surface area contributed by atoms with Crippen molar-refractivity contribution in [1.29, 1.82) is 0 Å². The van der Waals surface area contributed by atoms with E-state index in [4.69, 9.17) is 16.3 Å². The van der Waals surface area contributed by atoms with Gasteiger partial charge in [0, 0.05) is 11.5 Å². The molecule has 0 aliphatic heterocycles. The van der Waals surface area contributed by atoms with Crippen LogP contribution in [-0.4, -0.2) is 17.3 Å². The lowest BCUT2D eigenvalue weighted by Gasteiger charge is -2.35.